The van der Waals surface area contributed by atoms with Crippen molar-refractivity contribution in [2.24, 2.45) is 0 Å². The van der Waals surface area contributed by atoms with E-state index >= 15 is 0 Å². The number of carboxylic acid groups (broad SMARTS) is 1. The minimum Gasteiger partial charge on any atom is -0.480 e. The van der Waals surface area contributed by atoms with Gasteiger partial charge in [0.05, 0.1) is 4.91 Å². The number of carboxylic acids is 1. The van der Waals surface area contributed by atoms with Crippen LogP contribution in [0.25, 0.3) is 17.4 Å². The zero-order valence-corrected chi connectivity index (χ0v) is 18.3. The van der Waals surface area contributed by atoms with Crippen LogP contribution in [0.3, 0.4) is 0 Å². The van der Waals surface area contributed by atoms with Gasteiger partial charge in [0.2, 0.25) is 0 Å². The van der Waals surface area contributed by atoms with Crippen LogP contribution in [0.5, 0.6) is 0 Å². The predicted molar refractivity (Wildman–Crippen MR) is 118 cm³/mol. The van der Waals surface area contributed by atoms with E-state index in [0.29, 0.717) is 29.3 Å². The highest BCUT2D eigenvalue weighted by Crippen LogP contribution is 2.36. The van der Waals surface area contributed by atoms with Gasteiger partial charge in [-0.2, -0.15) is 0 Å². The molecular formula is C20H18BrNO4S2. The molecule has 1 aliphatic heterocycles. The molecule has 1 aromatic carbocycles. The molecule has 2 heterocycles. The van der Waals surface area contributed by atoms with Crippen molar-refractivity contribution in [2.75, 3.05) is 0 Å². The Morgan fingerprint density at radius 3 is 2.68 bits per heavy atom. The molecule has 3 rings (SSSR count). The minimum atomic E-state index is -1.04. The van der Waals surface area contributed by atoms with Crippen molar-refractivity contribution in [3.63, 3.8) is 0 Å². The van der Waals surface area contributed by atoms with Gasteiger partial charge in [-0.15, -0.1) is 0 Å². The highest BCUT2D eigenvalue weighted by Gasteiger charge is 2.40. The van der Waals surface area contributed by atoms with E-state index in [4.69, 9.17) is 16.6 Å². The summed E-state index contributed by atoms with van der Waals surface area (Å²) in [4.78, 5) is 26.0. The summed E-state index contributed by atoms with van der Waals surface area (Å²) >= 11 is 9.78. The molecule has 1 atom stereocenters. The van der Waals surface area contributed by atoms with Crippen molar-refractivity contribution in [1.29, 1.82) is 0 Å². The zero-order chi connectivity index (χ0) is 20.3. The van der Waals surface area contributed by atoms with Crippen LogP contribution in [0.2, 0.25) is 0 Å². The van der Waals surface area contributed by atoms with Gasteiger partial charge in [0.1, 0.15) is 21.9 Å². The molecule has 146 valence electrons. The Hall–Kier alpha value is -1.90. The Morgan fingerprint density at radius 1 is 1.32 bits per heavy atom. The molecule has 0 bridgehead atoms. The van der Waals surface area contributed by atoms with E-state index in [1.807, 2.05) is 37.3 Å². The summed E-state index contributed by atoms with van der Waals surface area (Å²) in [5, 5.41) is 9.52. The van der Waals surface area contributed by atoms with Gasteiger partial charge in [-0.05, 0) is 30.7 Å². The van der Waals surface area contributed by atoms with Crippen LogP contribution in [0.4, 0.5) is 0 Å². The molecule has 1 aromatic heterocycles. The number of thioether (sulfide) groups is 1. The number of halogens is 1. The Balaban J connectivity index is 1.82. The zero-order valence-electron chi connectivity index (χ0n) is 15.1. The van der Waals surface area contributed by atoms with Crippen LogP contribution in [-0.4, -0.2) is 32.2 Å². The van der Waals surface area contributed by atoms with Gasteiger partial charge < -0.3 is 9.52 Å². The average Bonchev–Trinajstić information content (AvgIpc) is 3.22. The van der Waals surface area contributed by atoms with Crippen LogP contribution >= 0.6 is 39.9 Å². The van der Waals surface area contributed by atoms with Crippen LogP contribution in [0.1, 0.15) is 31.9 Å². The fraction of sp³-hybridized carbons (Fsp3) is 0.250. The lowest BCUT2D eigenvalue weighted by Gasteiger charge is -2.22. The monoisotopic (exact) mass is 479 g/mol. The quantitative estimate of drug-likeness (QED) is 0.414. The van der Waals surface area contributed by atoms with Crippen molar-refractivity contribution >= 4 is 62.2 Å². The first-order chi connectivity index (χ1) is 13.4. The third-order valence-electron chi connectivity index (χ3n) is 4.28. The number of nitrogens with zero attached hydrogens (tertiary/aromatic N) is 1. The second kappa shape index (κ2) is 9.07. The summed E-state index contributed by atoms with van der Waals surface area (Å²) in [6.07, 6.45) is 3.54. The first-order valence-corrected chi connectivity index (χ1v) is 10.8. The SMILES string of the molecule is CCCCC(C(=O)O)N1C(=O)/C(=C\c2ccc(-c3ccc(Br)cc3)o2)SC1=S. The van der Waals surface area contributed by atoms with E-state index in [1.54, 1.807) is 12.1 Å². The molecule has 0 spiro atoms. The van der Waals surface area contributed by atoms with Gasteiger partial charge in [0, 0.05) is 16.1 Å². The molecule has 28 heavy (non-hydrogen) atoms. The van der Waals surface area contributed by atoms with Gasteiger partial charge in [0.15, 0.2) is 0 Å². The molecule has 1 saturated heterocycles. The van der Waals surface area contributed by atoms with Crippen molar-refractivity contribution < 1.29 is 19.1 Å². The third-order valence-corrected chi connectivity index (χ3v) is 6.14. The molecule has 1 fully saturated rings. The maximum Gasteiger partial charge on any atom is 0.326 e. The largest absolute Gasteiger partial charge is 0.480 e. The maximum atomic E-state index is 12.8. The highest BCUT2D eigenvalue weighted by molar-refractivity contribution is 9.10. The van der Waals surface area contributed by atoms with Crippen LogP contribution in [0, 0.1) is 0 Å². The van der Waals surface area contributed by atoms with Gasteiger partial charge >= 0.3 is 5.97 Å². The lowest BCUT2D eigenvalue weighted by atomic mass is 10.1. The van der Waals surface area contributed by atoms with Crippen molar-refractivity contribution in [3.05, 3.63) is 51.5 Å². The van der Waals surface area contributed by atoms with Crippen molar-refractivity contribution in [1.82, 2.24) is 4.90 Å². The second-order valence-corrected chi connectivity index (χ2v) is 8.85. The normalized spacial score (nSPS) is 16.8. The lowest BCUT2D eigenvalue weighted by molar-refractivity contribution is -0.145. The standard InChI is InChI=1S/C20H18BrNO4S2/c1-2-3-4-15(19(24)25)22-18(23)17(28-20(22)27)11-14-9-10-16(26-14)12-5-7-13(21)8-6-12/h5-11,15H,2-4H2,1H3,(H,24,25)/b17-11+. The average molecular weight is 480 g/mol. The molecule has 0 aliphatic carbocycles. The molecule has 1 unspecified atom stereocenters. The van der Waals surface area contributed by atoms with E-state index in [0.717, 1.165) is 28.2 Å². The van der Waals surface area contributed by atoms with E-state index < -0.39 is 12.0 Å². The number of rotatable bonds is 7. The summed E-state index contributed by atoms with van der Waals surface area (Å²) in [5.41, 5.74) is 0.918. The van der Waals surface area contributed by atoms with E-state index in [9.17, 15) is 14.7 Å². The Morgan fingerprint density at radius 2 is 2.04 bits per heavy atom. The number of benzene rings is 1. The summed E-state index contributed by atoms with van der Waals surface area (Å²) in [5.74, 6) is -0.235. The minimum absolute atomic E-state index is 0.263. The van der Waals surface area contributed by atoms with Crippen molar-refractivity contribution in [3.8, 4) is 11.3 Å². The Bertz CT molecular complexity index is 936. The molecule has 0 radical (unpaired) electrons. The first-order valence-electron chi connectivity index (χ1n) is 8.76. The number of thiocarbonyl (C=S) groups is 1. The highest BCUT2D eigenvalue weighted by atomic mass is 79.9. The second-order valence-electron chi connectivity index (χ2n) is 6.26. The Kier molecular flexibility index (Phi) is 6.74. The molecule has 2 aromatic rings. The predicted octanol–water partition coefficient (Wildman–Crippen LogP) is 5.55. The molecule has 0 saturated carbocycles. The molecule has 1 N–H and O–H groups in total. The van der Waals surface area contributed by atoms with E-state index in [1.165, 1.54) is 4.90 Å². The molecule has 1 aliphatic rings. The number of hydrogen-bond acceptors (Lipinski definition) is 5. The van der Waals surface area contributed by atoms with Crippen LogP contribution in [0.15, 0.2) is 50.2 Å². The molecule has 5 nitrogen and oxygen atoms in total. The number of hydrogen-bond donors (Lipinski definition) is 1. The molecule has 8 heteroatoms. The van der Waals surface area contributed by atoms with Crippen LogP contribution < -0.4 is 0 Å². The summed E-state index contributed by atoms with van der Waals surface area (Å²) < 4.78 is 7.07. The Labute approximate surface area is 180 Å². The number of carbonyl (C=O) groups excluding carboxylic acids is 1. The summed E-state index contributed by atoms with van der Waals surface area (Å²) in [7, 11) is 0. The summed E-state index contributed by atoms with van der Waals surface area (Å²) in [6, 6.07) is 10.4. The maximum absolute atomic E-state index is 12.8. The number of carbonyl (C=O) groups is 2. The van der Waals surface area contributed by atoms with E-state index in [2.05, 4.69) is 15.9 Å². The number of furan rings is 1. The lowest BCUT2D eigenvalue weighted by Crippen LogP contribution is -2.43. The summed E-state index contributed by atoms with van der Waals surface area (Å²) in [6.45, 7) is 1.98. The van der Waals surface area contributed by atoms with Gasteiger partial charge in [-0.3, -0.25) is 9.69 Å². The third kappa shape index (κ3) is 4.56. The number of amides is 1. The smallest absolute Gasteiger partial charge is 0.326 e. The number of aliphatic carboxylic acids is 1. The fourth-order valence-electron chi connectivity index (χ4n) is 2.84. The molecule has 1 amide bonds. The van der Waals surface area contributed by atoms with Gasteiger partial charge in [-0.1, -0.05) is 71.8 Å². The fourth-order valence-corrected chi connectivity index (χ4v) is 4.44. The first kappa shape index (κ1) is 20.8. The van der Waals surface area contributed by atoms with Gasteiger partial charge in [0.25, 0.3) is 5.91 Å². The van der Waals surface area contributed by atoms with Crippen molar-refractivity contribution in [2.45, 2.75) is 32.2 Å². The van der Waals surface area contributed by atoms with Crippen LogP contribution in [-0.2, 0) is 9.59 Å². The number of unbranched alkanes of at least 4 members (excludes halogenated alkanes) is 1. The topological polar surface area (TPSA) is 70.8 Å². The van der Waals surface area contributed by atoms with E-state index in [-0.39, 0.29) is 10.2 Å². The molecular weight excluding hydrogens is 462 g/mol. The van der Waals surface area contributed by atoms with Gasteiger partial charge in [-0.25, -0.2) is 4.79 Å².